The molecule has 0 bridgehead atoms. The van der Waals surface area contributed by atoms with Gasteiger partial charge in [-0.25, -0.2) is 13.8 Å². The summed E-state index contributed by atoms with van der Waals surface area (Å²) in [5.41, 5.74) is 6.35. The summed E-state index contributed by atoms with van der Waals surface area (Å²) in [7, 11) is 1.46. The van der Waals surface area contributed by atoms with Gasteiger partial charge in [0.2, 0.25) is 0 Å². The molecule has 0 aliphatic heterocycles. The second-order valence-corrected chi connectivity index (χ2v) is 3.73. The molecule has 0 radical (unpaired) electrons. The number of hydrogen-bond acceptors (Lipinski definition) is 4. The summed E-state index contributed by atoms with van der Waals surface area (Å²) >= 11 is 0. The van der Waals surface area contributed by atoms with Gasteiger partial charge in [-0.05, 0) is 17.7 Å². The number of benzene rings is 1. The molecule has 2 rings (SSSR count). The van der Waals surface area contributed by atoms with E-state index >= 15 is 0 Å². The molecule has 4 nitrogen and oxygen atoms in total. The Balaban J connectivity index is 2.32. The predicted molar refractivity (Wildman–Crippen MR) is 65.1 cm³/mol. The van der Waals surface area contributed by atoms with Crippen molar-refractivity contribution in [3.05, 3.63) is 47.7 Å². The van der Waals surface area contributed by atoms with Crippen LogP contribution in [0.1, 0.15) is 5.56 Å². The van der Waals surface area contributed by atoms with Crippen molar-refractivity contribution in [2.24, 2.45) is 5.73 Å². The quantitative estimate of drug-likeness (QED) is 0.924. The number of halogens is 2. The Bertz CT molecular complexity index is 591. The summed E-state index contributed by atoms with van der Waals surface area (Å²) in [6, 6.07) is 5.69. The summed E-state index contributed by atoms with van der Waals surface area (Å²) in [4.78, 5) is 3.54. The second-order valence-electron chi connectivity index (χ2n) is 3.73. The Hall–Kier alpha value is -2.21. The van der Waals surface area contributed by atoms with E-state index in [1.165, 1.54) is 7.11 Å². The molecule has 19 heavy (non-hydrogen) atoms. The van der Waals surface area contributed by atoms with E-state index < -0.39 is 11.6 Å². The zero-order chi connectivity index (χ0) is 13.8. The third-order valence-electron chi connectivity index (χ3n) is 2.44. The molecule has 0 amide bonds. The molecule has 1 aromatic heterocycles. The summed E-state index contributed by atoms with van der Waals surface area (Å²) < 4.78 is 36.5. The Morgan fingerprint density at radius 2 is 2.00 bits per heavy atom. The Morgan fingerprint density at radius 3 is 2.63 bits per heavy atom. The van der Waals surface area contributed by atoms with Crippen molar-refractivity contribution in [3.63, 3.8) is 0 Å². The van der Waals surface area contributed by atoms with Gasteiger partial charge in [-0.1, -0.05) is 6.07 Å². The highest BCUT2D eigenvalue weighted by Gasteiger charge is 2.12. The third-order valence-corrected chi connectivity index (χ3v) is 2.44. The highest BCUT2D eigenvalue weighted by Crippen LogP contribution is 2.32. The molecule has 0 aliphatic rings. The van der Waals surface area contributed by atoms with Crippen LogP contribution in [-0.4, -0.2) is 12.1 Å². The number of nitrogens with zero attached hydrogens (tertiary/aromatic N) is 1. The number of rotatable bonds is 4. The lowest BCUT2D eigenvalue weighted by atomic mass is 10.2. The predicted octanol–water partition coefficient (Wildman–Crippen LogP) is 2.62. The van der Waals surface area contributed by atoms with Gasteiger partial charge in [0.1, 0.15) is 5.82 Å². The number of methoxy groups -OCH3 is 1. The summed E-state index contributed by atoms with van der Waals surface area (Å²) in [6.07, 6.45) is 0.874. The van der Waals surface area contributed by atoms with Crippen LogP contribution < -0.4 is 15.2 Å². The van der Waals surface area contributed by atoms with Crippen molar-refractivity contribution in [2.75, 3.05) is 7.11 Å². The van der Waals surface area contributed by atoms with Crippen LogP contribution in [0.2, 0.25) is 0 Å². The lowest BCUT2D eigenvalue weighted by Gasteiger charge is -2.11. The highest BCUT2D eigenvalue weighted by atomic mass is 19.1. The first-order chi connectivity index (χ1) is 9.13. The smallest absolute Gasteiger partial charge is 0.256 e. The topological polar surface area (TPSA) is 57.4 Å². The molecule has 0 saturated carbocycles. The minimum Gasteiger partial charge on any atom is -0.493 e. The Morgan fingerprint density at radius 1 is 1.21 bits per heavy atom. The summed E-state index contributed by atoms with van der Waals surface area (Å²) in [5, 5.41) is 0. The average Bonchev–Trinajstić information content (AvgIpc) is 2.42. The van der Waals surface area contributed by atoms with Crippen molar-refractivity contribution in [3.8, 4) is 17.4 Å². The van der Waals surface area contributed by atoms with Crippen LogP contribution in [0.15, 0.2) is 30.5 Å². The third kappa shape index (κ3) is 2.97. The number of aromatic nitrogens is 1. The molecule has 1 aromatic carbocycles. The second kappa shape index (κ2) is 5.62. The lowest BCUT2D eigenvalue weighted by Crippen LogP contribution is -1.99. The van der Waals surface area contributed by atoms with Gasteiger partial charge in [-0.15, -0.1) is 0 Å². The van der Waals surface area contributed by atoms with Gasteiger partial charge < -0.3 is 15.2 Å². The van der Waals surface area contributed by atoms with Crippen molar-refractivity contribution in [1.29, 1.82) is 0 Å². The van der Waals surface area contributed by atoms with E-state index in [1.807, 2.05) is 0 Å². The molecule has 100 valence electrons. The fourth-order valence-corrected chi connectivity index (χ4v) is 1.50. The highest BCUT2D eigenvalue weighted by molar-refractivity contribution is 5.44. The van der Waals surface area contributed by atoms with Crippen molar-refractivity contribution in [2.45, 2.75) is 6.54 Å². The van der Waals surface area contributed by atoms with Crippen LogP contribution in [0.5, 0.6) is 17.4 Å². The molecule has 2 aromatic rings. The maximum absolute atomic E-state index is 13.4. The molecule has 0 fully saturated rings. The van der Waals surface area contributed by atoms with Crippen LogP contribution in [0, 0.1) is 11.6 Å². The number of ether oxygens (including phenoxy) is 2. The Kier molecular flexibility index (Phi) is 3.91. The summed E-state index contributed by atoms with van der Waals surface area (Å²) in [5.74, 6) is -1.30. The summed E-state index contributed by atoms with van der Waals surface area (Å²) in [6.45, 7) is 0.347. The average molecular weight is 266 g/mol. The fraction of sp³-hybridized carbons (Fsp3) is 0.154. The first-order valence-corrected chi connectivity index (χ1v) is 5.50. The normalized spacial score (nSPS) is 10.3. The molecular formula is C13H12F2N2O2. The molecule has 6 heteroatoms. The zero-order valence-electron chi connectivity index (χ0n) is 10.2. The molecule has 0 atom stereocenters. The van der Waals surface area contributed by atoms with Gasteiger partial charge in [0.25, 0.3) is 5.88 Å². The Labute approximate surface area is 108 Å². The van der Waals surface area contributed by atoms with E-state index in [0.29, 0.717) is 18.4 Å². The molecule has 0 spiro atoms. The van der Waals surface area contributed by atoms with E-state index in [9.17, 15) is 8.78 Å². The maximum atomic E-state index is 13.4. The van der Waals surface area contributed by atoms with E-state index in [0.717, 1.165) is 11.8 Å². The minimum absolute atomic E-state index is 0.276. The molecule has 0 saturated heterocycles. The maximum Gasteiger partial charge on any atom is 0.256 e. The standard InChI is InChI=1S/C13H12F2N2O2/c1-18-12-4-8(6-16)2-3-11(12)19-13-10(15)5-9(14)7-17-13/h2-5,7H,6,16H2,1H3. The van der Waals surface area contributed by atoms with Crippen LogP contribution >= 0.6 is 0 Å². The number of hydrogen-bond donors (Lipinski definition) is 1. The van der Waals surface area contributed by atoms with Gasteiger partial charge in [0.05, 0.1) is 13.3 Å². The van der Waals surface area contributed by atoms with Crippen molar-refractivity contribution >= 4 is 0 Å². The number of pyridine rings is 1. The van der Waals surface area contributed by atoms with Crippen LogP contribution in [0.25, 0.3) is 0 Å². The molecular weight excluding hydrogens is 254 g/mol. The molecule has 1 heterocycles. The van der Waals surface area contributed by atoms with Gasteiger partial charge in [0.15, 0.2) is 17.3 Å². The van der Waals surface area contributed by atoms with Gasteiger partial charge in [-0.2, -0.15) is 0 Å². The molecule has 2 N–H and O–H groups in total. The van der Waals surface area contributed by atoms with Gasteiger partial charge in [-0.3, -0.25) is 0 Å². The number of nitrogens with two attached hydrogens (primary N) is 1. The van der Waals surface area contributed by atoms with Gasteiger partial charge >= 0.3 is 0 Å². The van der Waals surface area contributed by atoms with Crippen LogP contribution in [0.4, 0.5) is 8.78 Å². The SMILES string of the molecule is COc1cc(CN)ccc1Oc1ncc(F)cc1F. The van der Waals surface area contributed by atoms with E-state index in [4.69, 9.17) is 15.2 Å². The van der Waals surface area contributed by atoms with Crippen molar-refractivity contribution < 1.29 is 18.3 Å². The van der Waals surface area contributed by atoms with Crippen LogP contribution in [0.3, 0.4) is 0 Å². The zero-order valence-corrected chi connectivity index (χ0v) is 10.2. The minimum atomic E-state index is -0.884. The molecule has 0 aliphatic carbocycles. The fourth-order valence-electron chi connectivity index (χ4n) is 1.50. The van der Waals surface area contributed by atoms with E-state index in [2.05, 4.69) is 4.98 Å². The van der Waals surface area contributed by atoms with Crippen molar-refractivity contribution in [1.82, 2.24) is 4.98 Å². The first-order valence-electron chi connectivity index (χ1n) is 5.50. The molecule has 0 unspecified atom stereocenters. The lowest BCUT2D eigenvalue weighted by molar-refractivity contribution is 0.362. The van der Waals surface area contributed by atoms with Crippen LogP contribution in [-0.2, 0) is 6.54 Å². The van der Waals surface area contributed by atoms with E-state index in [1.54, 1.807) is 18.2 Å². The van der Waals surface area contributed by atoms with Gasteiger partial charge in [0, 0.05) is 12.6 Å². The monoisotopic (exact) mass is 266 g/mol. The largest absolute Gasteiger partial charge is 0.493 e. The van der Waals surface area contributed by atoms with E-state index in [-0.39, 0.29) is 11.6 Å². The first kappa shape index (κ1) is 13.2.